The molecule has 2 amide bonds. The molecule has 11 nitrogen and oxygen atoms in total. The smallest absolute Gasteiger partial charge is 0.406 e. The maximum Gasteiger partial charge on any atom is 0.573 e. The van der Waals surface area contributed by atoms with E-state index >= 15 is 0 Å². The summed E-state index contributed by atoms with van der Waals surface area (Å²) < 4.78 is 41.2. The fraction of sp³-hybridized carbons (Fsp3) is 0.269. The van der Waals surface area contributed by atoms with Gasteiger partial charge in [-0.2, -0.15) is 5.10 Å². The summed E-state index contributed by atoms with van der Waals surface area (Å²) in [5, 5.41) is 20.6. The van der Waals surface area contributed by atoms with Gasteiger partial charge in [0.05, 0.1) is 12.1 Å². The van der Waals surface area contributed by atoms with Crippen LogP contribution < -0.4 is 19.9 Å². The molecular formula is C26H23F3N8O3S. The molecule has 0 saturated carbocycles. The number of nitrogens with one attached hydrogen (secondary N) is 1. The molecule has 4 aromatic rings. The van der Waals surface area contributed by atoms with E-state index in [1.807, 2.05) is 0 Å². The molecule has 5 rings (SSSR count). The topological polar surface area (TPSA) is 126 Å². The van der Waals surface area contributed by atoms with Crippen LogP contribution in [0.25, 0.3) is 0 Å². The van der Waals surface area contributed by atoms with Crippen LogP contribution in [-0.4, -0.2) is 56.6 Å². The Hall–Kier alpha value is -4.66. The third-order valence-electron chi connectivity index (χ3n) is 6.11. The number of anilines is 4. The van der Waals surface area contributed by atoms with E-state index in [0.717, 1.165) is 24.2 Å². The zero-order valence-electron chi connectivity index (χ0n) is 21.6. The van der Waals surface area contributed by atoms with Crippen LogP contribution in [0.1, 0.15) is 30.5 Å². The summed E-state index contributed by atoms with van der Waals surface area (Å²) in [5.74, 6) is -0.322. The molecule has 1 aliphatic heterocycles. The Morgan fingerprint density at radius 3 is 2.66 bits per heavy atom. The van der Waals surface area contributed by atoms with E-state index in [1.54, 1.807) is 36.5 Å². The van der Waals surface area contributed by atoms with Gasteiger partial charge in [-0.05, 0) is 48.4 Å². The Kier molecular flexibility index (Phi) is 8.05. The summed E-state index contributed by atoms with van der Waals surface area (Å²) in [5.41, 5.74) is 1.09. The molecule has 0 radical (unpaired) electrons. The highest BCUT2D eigenvalue weighted by Crippen LogP contribution is 2.35. The molecule has 0 aliphatic carbocycles. The largest absolute Gasteiger partial charge is 0.573 e. The van der Waals surface area contributed by atoms with E-state index in [9.17, 15) is 22.8 Å². The lowest BCUT2D eigenvalue weighted by Crippen LogP contribution is -2.23. The zero-order valence-corrected chi connectivity index (χ0v) is 22.4. The number of carbonyl (C=O) groups excluding carboxylic acids is 2. The number of rotatable bonds is 8. The average molecular weight is 585 g/mol. The normalized spacial score (nSPS) is 15.0. The molecule has 212 valence electrons. The minimum Gasteiger partial charge on any atom is -0.406 e. The fourth-order valence-electron chi connectivity index (χ4n) is 4.33. The van der Waals surface area contributed by atoms with Gasteiger partial charge in [0.15, 0.2) is 5.82 Å². The molecule has 1 fully saturated rings. The van der Waals surface area contributed by atoms with Crippen LogP contribution in [0.4, 0.5) is 35.1 Å². The van der Waals surface area contributed by atoms with E-state index < -0.39 is 18.0 Å². The monoisotopic (exact) mass is 584 g/mol. The lowest BCUT2D eigenvalue weighted by atomic mass is 10.1. The number of aromatic nitrogens is 5. The van der Waals surface area contributed by atoms with Gasteiger partial charge in [0.1, 0.15) is 11.6 Å². The van der Waals surface area contributed by atoms with Gasteiger partial charge in [0.2, 0.25) is 22.1 Å². The summed E-state index contributed by atoms with van der Waals surface area (Å²) >= 11 is 1.29. The Morgan fingerprint density at radius 1 is 1.10 bits per heavy atom. The van der Waals surface area contributed by atoms with Crippen molar-refractivity contribution in [1.29, 1.82) is 0 Å². The van der Waals surface area contributed by atoms with Crippen molar-refractivity contribution in [2.45, 2.75) is 32.0 Å². The van der Waals surface area contributed by atoms with Crippen molar-refractivity contribution in [3.63, 3.8) is 0 Å². The number of halogens is 3. The van der Waals surface area contributed by atoms with E-state index in [4.69, 9.17) is 0 Å². The number of hydrogen-bond acceptors (Lipinski definition) is 10. The molecule has 1 N–H and O–H groups in total. The maximum absolute atomic E-state index is 12.5. The molecule has 0 bridgehead atoms. The summed E-state index contributed by atoms with van der Waals surface area (Å²) in [6, 6.07) is 13.9. The van der Waals surface area contributed by atoms with Gasteiger partial charge >= 0.3 is 6.36 Å². The van der Waals surface area contributed by atoms with Gasteiger partial charge in [-0.25, -0.2) is 9.88 Å². The lowest BCUT2D eigenvalue weighted by molar-refractivity contribution is -0.274. The van der Waals surface area contributed by atoms with E-state index in [2.05, 4.69) is 40.3 Å². The first-order chi connectivity index (χ1) is 19.6. The maximum atomic E-state index is 12.5. The first-order valence-electron chi connectivity index (χ1n) is 12.4. The number of pyridine rings is 1. The van der Waals surface area contributed by atoms with Gasteiger partial charge < -0.3 is 15.0 Å². The van der Waals surface area contributed by atoms with E-state index in [-0.39, 0.29) is 24.1 Å². The van der Waals surface area contributed by atoms with Crippen LogP contribution in [0.5, 0.6) is 5.75 Å². The second-order valence-electron chi connectivity index (χ2n) is 9.10. The molecule has 15 heteroatoms. The van der Waals surface area contributed by atoms with Gasteiger partial charge in [0, 0.05) is 32.1 Å². The molecule has 1 aromatic carbocycles. The Bertz CT molecular complexity index is 1520. The molecule has 3 aromatic heterocycles. The van der Waals surface area contributed by atoms with Crippen LogP contribution in [0, 0.1) is 0 Å². The van der Waals surface area contributed by atoms with E-state index in [0.29, 0.717) is 34.7 Å². The molecule has 1 unspecified atom stereocenters. The van der Waals surface area contributed by atoms with Crippen LogP contribution >= 0.6 is 11.3 Å². The minimum atomic E-state index is -4.81. The van der Waals surface area contributed by atoms with Crippen LogP contribution in [-0.2, 0) is 16.0 Å². The van der Waals surface area contributed by atoms with Crippen molar-refractivity contribution in [2.24, 2.45) is 0 Å². The van der Waals surface area contributed by atoms with Crippen LogP contribution in [0.2, 0.25) is 0 Å². The highest BCUT2D eigenvalue weighted by Gasteiger charge is 2.31. The molecular weight excluding hydrogens is 561 g/mol. The molecule has 0 spiro atoms. The lowest BCUT2D eigenvalue weighted by Gasteiger charge is -2.16. The quantitative estimate of drug-likeness (QED) is 0.319. The van der Waals surface area contributed by atoms with Gasteiger partial charge in [-0.3, -0.25) is 9.59 Å². The highest BCUT2D eigenvalue weighted by molar-refractivity contribution is 7.19. The molecule has 1 saturated heterocycles. The number of ether oxygens (including phenoxy) is 1. The first-order valence-corrected chi connectivity index (χ1v) is 13.2. The Morgan fingerprint density at radius 2 is 1.95 bits per heavy atom. The fourth-order valence-corrected chi connectivity index (χ4v) is 5.27. The first kappa shape index (κ1) is 27.9. The summed E-state index contributed by atoms with van der Waals surface area (Å²) in [4.78, 5) is 32.4. The molecule has 1 atom stereocenters. The van der Waals surface area contributed by atoms with Crippen molar-refractivity contribution in [3.8, 4) is 5.75 Å². The number of amides is 2. The zero-order chi connectivity index (χ0) is 29.0. The molecule has 1 aliphatic rings. The highest BCUT2D eigenvalue weighted by atomic mass is 32.1. The third-order valence-corrected chi connectivity index (χ3v) is 7.08. The van der Waals surface area contributed by atoms with Crippen LogP contribution in [0.3, 0.4) is 0 Å². The number of alkyl halides is 3. The second-order valence-corrected chi connectivity index (χ2v) is 10.0. The number of benzene rings is 1. The van der Waals surface area contributed by atoms with Crippen molar-refractivity contribution in [2.75, 3.05) is 28.2 Å². The van der Waals surface area contributed by atoms with E-state index in [1.165, 1.54) is 35.3 Å². The average Bonchev–Trinajstić information content (AvgIpc) is 3.59. The number of hydrogen-bond donors (Lipinski definition) is 1. The number of nitrogens with zero attached hydrogens (tertiary/aromatic N) is 7. The van der Waals surface area contributed by atoms with Crippen molar-refractivity contribution >= 4 is 45.0 Å². The predicted molar refractivity (Wildman–Crippen MR) is 144 cm³/mol. The van der Waals surface area contributed by atoms with Crippen molar-refractivity contribution in [3.05, 3.63) is 72.1 Å². The summed E-state index contributed by atoms with van der Waals surface area (Å²) in [6.07, 6.45) is -2.58. The molecule has 41 heavy (non-hydrogen) atoms. The summed E-state index contributed by atoms with van der Waals surface area (Å²) in [7, 11) is 0. The van der Waals surface area contributed by atoms with Gasteiger partial charge in [0.25, 0.3) is 0 Å². The van der Waals surface area contributed by atoms with Crippen molar-refractivity contribution < 1.29 is 27.5 Å². The SMILES string of the molecule is CC(=O)N(c1ccccn1)c1nnc(N2CCC(c3ccc(NC(=O)Cc4cccc(OC(F)(F)F)c4)nn3)C2)s1. The minimum absolute atomic E-state index is 0.0654. The number of carbonyl (C=O) groups is 2. The van der Waals surface area contributed by atoms with Crippen molar-refractivity contribution in [1.82, 2.24) is 25.4 Å². The Labute approximate surface area is 236 Å². The predicted octanol–water partition coefficient (Wildman–Crippen LogP) is 4.48. The molecule has 4 heterocycles. The van der Waals surface area contributed by atoms with Gasteiger partial charge in [-0.15, -0.1) is 28.5 Å². The Balaban J connectivity index is 1.17. The second kappa shape index (κ2) is 11.8. The summed E-state index contributed by atoms with van der Waals surface area (Å²) in [6.45, 7) is 2.77. The van der Waals surface area contributed by atoms with Gasteiger partial charge in [-0.1, -0.05) is 29.5 Å². The van der Waals surface area contributed by atoms with Crippen LogP contribution in [0.15, 0.2) is 60.8 Å². The standard InChI is InChI=1S/C26H23F3N8O3S/c1-16(38)37(22-7-2-3-11-30-22)25-35-34-24(41-25)36-12-10-18(15-36)20-8-9-21(33-32-20)31-23(39)14-17-5-4-6-19(13-17)40-26(27,28)29/h2-9,11,13,18H,10,12,14-15H2,1H3,(H,31,33,39). The third kappa shape index (κ3) is 7.11.